The summed E-state index contributed by atoms with van der Waals surface area (Å²) in [6.07, 6.45) is 0. The number of amides is 1. The van der Waals surface area contributed by atoms with E-state index in [4.69, 9.17) is 52.1 Å². The molecule has 0 aliphatic heterocycles. The second kappa shape index (κ2) is 7.37. The van der Waals surface area contributed by atoms with Crippen molar-refractivity contribution in [1.82, 2.24) is 0 Å². The zero-order valence-electron chi connectivity index (χ0n) is 11.8. The van der Waals surface area contributed by atoms with Crippen LogP contribution in [0.15, 0.2) is 41.3 Å². The standard InChI is InChI=1S/C14H10Cl4N2O3S/c15-8-3-9(16)5-10(4-8)20(7-14(19)21)24(22,23)11-1-2-12(17)13(18)6-11/h1-6H,7H2,(H2,19,21). The third-order valence-corrected chi connectivity index (χ3v) is 5.86. The van der Waals surface area contributed by atoms with Crippen LogP contribution >= 0.6 is 46.4 Å². The highest BCUT2D eigenvalue weighted by Gasteiger charge is 2.27. The summed E-state index contributed by atoms with van der Waals surface area (Å²) in [4.78, 5) is 11.2. The van der Waals surface area contributed by atoms with Crippen molar-refractivity contribution in [2.24, 2.45) is 5.73 Å². The van der Waals surface area contributed by atoms with E-state index in [1.807, 2.05) is 0 Å². The van der Waals surface area contributed by atoms with Crippen molar-refractivity contribution in [3.05, 3.63) is 56.5 Å². The van der Waals surface area contributed by atoms with Gasteiger partial charge in [-0.1, -0.05) is 46.4 Å². The molecule has 2 N–H and O–H groups in total. The Labute approximate surface area is 158 Å². The van der Waals surface area contributed by atoms with Gasteiger partial charge in [-0.05, 0) is 36.4 Å². The van der Waals surface area contributed by atoms with Crippen molar-refractivity contribution >= 4 is 68.0 Å². The molecule has 0 radical (unpaired) electrons. The van der Waals surface area contributed by atoms with E-state index in [2.05, 4.69) is 0 Å². The number of primary amides is 1. The van der Waals surface area contributed by atoms with Gasteiger partial charge in [0.25, 0.3) is 10.0 Å². The molecule has 0 aromatic heterocycles. The predicted molar refractivity (Wildman–Crippen MR) is 96.7 cm³/mol. The normalized spacial score (nSPS) is 11.3. The number of benzene rings is 2. The van der Waals surface area contributed by atoms with E-state index < -0.39 is 22.5 Å². The van der Waals surface area contributed by atoms with Crippen molar-refractivity contribution in [3.63, 3.8) is 0 Å². The lowest BCUT2D eigenvalue weighted by Gasteiger charge is -2.23. The summed E-state index contributed by atoms with van der Waals surface area (Å²) < 4.78 is 26.6. The Balaban J connectivity index is 2.61. The molecule has 2 aromatic carbocycles. The first-order valence-corrected chi connectivity index (χ1v) is 9.28. The molecule has 0 saturated carbocycles. The maximum Gasteiger partial charge on any atom is 0.264 e. The van der Waals surface area contributed by atoms with Crippen molar-refractivity contribution < 1.29 is 13.2 Å². The molecule has 24 heavy (non-hydrogen) atoms. The maximum absolute atomic E-state index is 12.9. The quantitative estimate of drug-likeness (QED) is 0.783. The number of rotatable bonds is 5. The number of nitrogens with two attached hydrogens (primary N) is 1. The van der Waals surface area contributed by atoms with E-state index in [0.29, 0.717) is 0 Å². The summed E-state index contributed by atoms with van der Waals surface area (Å²) >= 11 is 23.5. The van der Waals surface area contributed by atoms with Gasteiger partial charge in [0, 0.05) is 10.0 Å². The van der Waals surface area contributed by atoms with Crippen LogP contribution in [-0.2, 0) is 14.8 Å². The van der Waals surface area contributed by atoms with Gasteiger partial charge < -0.3 is 5.73 Å². The van der Waals surface area contributed by atoms with Gasteiger partial charge in [-0.15, -0.1) is 0 Å². The Bertz CT molecular complexity index is 883. The van der Waals surface area contributed by atoms with Crippen molar-refractivity contribution in [2.75, 3.05) is 10.8 Å². The SMILES string of the molecule is NC(=O)CN(c1cc(Cl)cc(Cl)c1)S(=O)(=O)c1ccc(Cl)c(Cl)c1. The maximum atomic E-state index is 12.9. The zero-order chi connectivity index (χ0) is 18.1. The van der Waals surface area contributed by atoms with Gasteiger partial charge in [-0.2, -0.15) is 0 Å². The van der Waals surface area contributed by atoms with Crippen LogP contribution in [0, 0.1) is 0 Å². The minimum Gasteiger partial charge on any atom is -0.368 e. The molecule has 0 atom stereocenters. The molecule has 2 aromatic rings. The summed E-state index contributed by atoms with van der Waals surface area (Å²) in [5.74, 6) is -0.852. The van der Waals surface area contributed by atoms with Crippen LogP contribution in [0.4, 0.5) is 5.69 Å². The highest BCUT2D eigenvalue weighted by molar-refractivity contribution is 7.92. The van der Waals surface area contributed by atoms with Gasteiger partial charge in [0.05, 0.1) is 20.6 Å². The Kier molecular flexibility index (Phi) is 5.88. The number of halogens is 4. The van der Waals surface area contributed by atoms with Crippen LogP contribution < -0.4 is 10.0 Å². The monoisotopic (exact) mass is 426 g/mol. The number of hydrogen-bond acceptors (Lipinski definition) is 3. The first-order valence-electron chi connectivity index (χ1n) is 6.33. The molecule has 1 amide bonds. The summed E-state index contributed by atoms with van der Waals surface area (Å²) in [6.45, 7) is -0.598. The Morgan fingerprint density at radius 1 is 0.958 bits per heavy atom. The van der Waals surface area contributed by atoms with Gasteiger partial charge in [0.15, 0.2) is 0 Å². The molecular weight excluding hydrogens is 418 g/mol. The number of nitrogens with zero attached hydrogens (tertiary/aromatic N) is 1. The predicted octanol–water partition coefficient (Wildman–Crippen LogP) is 3.98. The highest BCUT2D eigenvalue weighted by atomic mass is 35.5. The average molecular weight is 428 g/mol. The Morgan fingerprint density at radius 3 is 2.04 bits per heavy atom. The smallest absolute Gasteiger partial charge is 0.264 e. The molecule has 0 fully saturated rings. The molecule has 10 heteroatoms. The highest BCUT2D eigenvalue weighted by Crippen LogP contribution is 2.31. The van der Waals surface area contributed by atoms with E-state index in [0.717, 1.165) is 4.31 Å². The molecule has 0 unspecified atom stereocenters. The summed E-state index contributed by atoms with van der Waals surface area (Å²) in [5, 5.41) is 0.663. The van der Waals surface area contributed by atoms with Crippen molar-refractivity contribution in [1.29, 1.82) is 0 Å². The lowest BCUT2D eigenvalue weighted by molar-refractivity contribution is -0.116. The van der Waals surface area contributed by atoms with Gasteiger partial charge in [-0.25, -0.2) is 8.42 Å². The molecule has 0 heterocycles. The lowest BCUT2D eigenvalue weighted by Crippen LogP contribution is -2.38. The minimum atomic E-state index is -4.15. The molecule has 0 spiro atoms. The zero-order valence-corrected chi connectivity index (χ0v) is 15.7. The summed E-state index contributed by atoms with van der Waals surface area (Å²) in [6, 6.07) is 7.92. The number of hydrogen-bond donors (Lipinski definition) is 1. The summed E-state index contributed by atoms with van der Waals surface area (Å²) in [5.41, 5.74) is 5.27. The average Bonchev–Trinajstić information content (AvgIpc) is 2.46. The fourth-order valence-corrected chi connectivity index (χ4v) is 4.22. The molecule has 5 nitrogen and oxygen atoms in total. The number of carbonyl (C=O) groups is 1. The van der Waals surface area contributed by atoms with Gasteiger partial charge >= 0.3 is 0 Å². The molecule has 128 valence electrons. The third kappa shape index (κ3) is 4.26. The third-order valence-electron chi connectivity index (χ3n) is 2.91. The van der Waals surface area contributed by atoms with E-state index in [1.54, 1.807) is 0 Å². The molecular formula is C14H10Cl4N2O3S. The second-order valence-electron chi connectivity index (χ2n) is 4.68. The topological polar surface area (TPSA) is 80.5 Å². The summed E-state index contributed by atoms with van der Waals surface area (Å²) in [7, 11) is -4.15. The van der Waals surface area contributed by atoms with E-state index >= 15 is 0 Å². The molecule has 0 bridgehead atoms. The van der Waals surface area contributed by atoms with Gasteiger partial charge in [0.1, 0.15) is 6.54 Å². The fourth-order valence-electron chi connectivity index (χ4n) is 1.90. The first kappa shape index (κ1) is 19.1. The largest absolute Gasteiger partial charge is 0.368 e. The second-order valence-corrected chi connectivity index (χ2v) is 8.23. The van der Waals surface area contributed by atoms with E-state index in [9.17, 15) is 13.2 Å². The lowest BCUT2D eigenvalue weighted by atomic mass is 10.3. The van der Waals surface area contributed by atoms with Crippen LogP contribution in [0.2, 0.25) is 20.1 Å². The van der Waals surface area contributed by atoms with Crippen LogP contribution in [0.1, 0.15) is 0 Å². The fraction of sp³-hybridized carbons (Fsp3) is 0.0714. The number of carbonyl (C=O) groups excluding carboxylic acids is 1. The van der Waals surface area contributed by atoms with Crippen LogP contribution in [0.25, 0.3) is 0 Å². The van der Waals surface area contributed by atoms with E-state index in [1.165, 1.54) is 36.4 Å². The molecule has 0 saturated heterocycles. The van der Waals surface area contributed by atoms with Crippen LogP contribution in [0.3, 0.4) is 0 Å². The van der Waals surface area contributed by atoms with E-state index in [-0.39, 0.29) is 30.7 Å². The van der Waals surface area contributed by atoms with Crippen LogP contribution in [0.5, 0.6) is 0 Å². The number of anilines is 1. The number of sulfonamides is 1. The minimum absolute atomic E-state index is 0.0564. The Hall–Kier alpha value is -1.18. The van der Waals surface area contributed by atoms with Crippen LogP contribution in [-0.4, -0.2) is 20.9 Å². The van der Waals surface area contributed by atoms with Gasteiger partial charge in [-0.3, -0.25) is 9.10 Å². The molecule has 0 aliphatic rings. The van der Waals surface area contributed by atoms with Crippen molar-refractivity contribution in [3.8, 4) is 0 Å². The van der Waals surface area contributed by atoms with Gasteiger partial charge in [0.2, 0.25) is 5.91 Å². The molecule has 2 rings (SSSR count). The molecule has 0 aliphatic carbocycles. The Morgan fingerprint density at radius 2 is 1.54 bits per heavy atom. The first-order chi connectivity index (χ1) is 11.1. The van der Waals surface area contributed by atoms with Crippen molar-refractivity contribution in [2.45, 2.75) is 4.90 Å².